The lowest BCUT2D eigenvalue weighted by atomic mass is 10.1. The minimum atomic E-state index is -0.0584. The molecule has 1 fully saturated rings. The van der Waals surface area contributed by atoms with Gasteiger partial charge < -0.3 is 5.32 Å². The van der Waals surface area contributed by atoms with E-state index in [-0.39, 0.29) is 11.9 Å². The molecule has 6 heteroatoms. The van der Waals surface area contributed by atoms with Gasteiger partial charge in [0.05, 0.1) is 11.7 Å². The molecule has 1 unspecified atom stereocenters. The summed E-state index contributed by atoms with van der Waals surface area (Å²) >= 11 is 1.18. The van der Waals surface area contributed by atoms with E-state index in [4.69, 9.17) is 0 Å². The summed E-state index contributed by atoms with van der Waals surface area (Å²) in [7, 11) is 0. The second kappa shape index (κ2) is 7.66. The van der Waals surface area contributed by atoms with Gasteiger partial charge in [0, 0.05) is 6.54 Å². The van der Waals surface area contributed by atoms with E-state index in [1.54, 1.807) is 0 Å². The Kier molecular flexibility index (Phi) is 5.35. The van der Waals surface area contributed by atoms with Crippen LogP contribution in [0, 0.1) is 0 Å². The van der Waals surface area contributed by atoms with E-state index in [0.29, 0.717) is 11.4 Å². The number of carbonyl (C=O) groups excluding carboxylic acids is 1. The van der Waals surface area contributed by atoms with Crippen molar-refractivity contribution in [3.63, 3.8) is 0 Å². The van der Waals surface area contributed by atoms with Crippen LogP contribution in [0.3, 0.4) is 0 Å². The largest absolute Gasteiger partial charge is 0.349 e. The molecular formula is C17H22N4OS. The van der Waals surface area contributed by atoms with Gasteiger partial charge in [-0.05, 0) is 49.4 Å². The molecule has 0 spiro atoms. The number of rotatable bonds is 6. The second-order valence-electron chi connectivity index (χ2n) is 5.78. The van der Waals surface area contributed by atoms with Crippen LogP contribution in [0.4, 0.5) is 0 Å². The van der Waals surface area contributed by atoms with Gasteiger partial charge in [0.25, 0.3) is 5.91 Å². The van der Waals surface area contributed by atoms with Gasteiger partial charge in [-0.1, -0.05) is 41.7 Å². The minimum Gasteiger partial charge on any atom is -0.349 e. The molecule has 2 heterocycles. The number of amides is 1. The first-order chi connectivity index (χ1) is 11.3. The molecule has 1 aliphatic rings. The van der Waals surface area contributed by atoms with Crippen LogP contribution in [0.15, 0.2) is 30.3 Å². The topological polar surface area (TPSA) is 58.1 Å². The Balaban J connectivity index is 1.70. The average Bonchev–Trinajstić information content (AvgIpc) is 3.27. The highest BCUT2D eigenvalue weighted by molar-refractivity contribution is 7.08. The van der Waals surface area contributed by atoms with Crippen LogP contribution in [0.5, 0.6) is 0 Å². The number of benzene rings is 1. The lowest BCUT2D eigenvalue weighted by Crippen LogP contribution is -2.36. The summed E-state index contributed by atoms with van der Waals surface area (Å²) in [5, 5.41) is 7.10. The molecule has 0 saturated carbocycles. The van der Waals surface area contributed by atoms with Crippen molar-refractivity contribution in [3.8, 4) is 0 Å². The van der Waals surface area contributed by atoms with Crippen LogP contribution in [0.25, 0.3) is 0 Å². The Hall–Kier alpha value is -1.79. The van der Waals surface area contributed by atoms with Crippen LogP contribution in [-0.4, -0.2) is 40.0 Å². The van der Waals surface area contributed by atoms with Crippen molar-refractivity contribution in [2.24, 2.45) is 0 Å². The lowest BCUT2D eigenvalue weighted by Gasteiger charge is -2.28. The zero-order valence-electron chi connectivity index (χ0n) is 13.4. The van der Waals surface area contributed by atoms with E-state index >= 15 is 0 Å². The maximum Gasteiger partial charge on any atom is 0.265 e. The number of likely N-dealkylation sites (tertiary alicyclic amines) is 1. The molecule has 3 rings (SSSR count). The molecule has 1 saturated heterocycles. The molecule has 1 aromatic carbocycles. The fourth-order valence-electron chi connectivity index (χ4n) is 3.07. The van der Waals surface area contributed by atoms with Crippen LogP contribution in [-0.2, 0) is 6.42 Å². The highest BCUT2D eigenvalue weighted by Gasteiger charge is 2.24. The first-order valence-electron chi connectivity index (χ1n) is 8.18. The zero-order valence-corrected chi connectivity index (χ0v) is 14.2. The summed E-state index contributed by atoms with van der Waals surface area (Å²) < 4.78 is 3.90. The fraction of sp³-hybridized carbons (Fsp3) is 0.471. The maximum atomic E-state index is 12.4. The van der Waals surface area contributed by atoms with Gasteiger partial charge in [-0.15, -0.1) is 5.10 Å². The number of hydrogen-bond donors (Lipinski definition) is 1. The van der Waals surface area contributed by atoms with Crippen molar-refractivity contribution in [1.29, 1.82) is 0 Å². The summed E-state index contributed by atoms with van der Waals surface area (Å²) in [5.74, 6) is -0.0584. The van der Waals surface area contributed by atoms with Crippen molar-refractivity contribution in [1.82, 2.24) is 19.8 Å². The molecule has 1 N–H and O–H groups in total. The van der Waals surface area contributed by atoms with E-state index in [2.05, 4.69) is 44.1 Å². The van der Waals surface area contributed by atoms with Crippen molar-refractivity contribution >= 4 is 17.4 Å². The van der Waals surface area contributed by atoms with Crippen molar-refractivity contribution in [3.05, 3.63) is 46.5 Å². The van der Waals surface area contributed by atoms with E-state index in [0.717, 1.165) is 25.2 Å². The van der Waals surface area contributed by atoms with Crippen LogP contribution >= 0.6 is 11.5 Å². The second-order valence-corrected chi connectivity index (χ2v) is 6.54. The van der Waals surface area contributed by atoms with Gasteiger partial charge in [-0.25, -0.2) is 0 Å². The van der Waals surface area contributed by atoms with Crippen LogP contribution < -0.4 is 5.32 Å². The van der Waals surface area contributed by atoms with E-state index < -0.39 is 0 Å². The third kappa shape index (κ3) is 3.76. The van der Waals surface area contributed by atoms with E-state index in [1.165, 1.54) is 29.9 Å². The molecule has 122 valence electrons. The van der Waals surface area contributed by atoms with Gasteiger partial charge in [0.2, 0.25) is 0 Å². The van der Waals surface area contributed by atoms with E-state index in [1.807, 2.05) is 13.0 Å². The number of carbonyl (C=O) groups is 1. The Morgan fingerprint density at radius 2 is 2.04 bits per heavy atom. The zero-order chi connectivity index (χ0) is 16.1. The molecule has 2 aromatic rings. The molecular weight excluding hydrogens is 308 g/mol. The molecule has 23 heavy (non-hydrogen) atoms. The van der Waals surface area contributed by atoms with Crippen molar-refractivity contribution < 1.29 is 4.79 Å². The third-order valence-corrected chi connectivity index (χ3v) is 5.09. The van der Waals surface area contributed by atoms with Crippen molar-refractivity contribution in [2.75, 3.05) is 19.6 Å². The maximum absolute atomic E-state index is 12.4. The first-order valence-corrected chi connectivity index (χ1v) is 8.95. The summed E-state index contributed by atoms with van der Waals surface area (Å²) in [6, 6.07) is 10.7. The molecule has 0 bridgehead atoms. The average molecular weight is 330 g/mol. The lowest BCUT2D eigenvalue weighted by molar-refractivity contribution is 0.0941. The first kappa shape index (κ1) is 16.1. The number of nitrogens with one attached hydrogen (secondary N) is 1. The van der Waals surface area contributed by atoms with Crippen molar-refractivity contribution in [2.45, 2.75) is 32.2 Å². The number of hydrogen-bond acceptors (Lipinski definition) is 5. The molecule has 1 aromatic heterocycles. The molecule has 0 aliphatic carbocycles. The predicted octanol–water partition coefficient (Wildman–Crippen LogP) is 2.67. The van der Waals surface area contributed by atoms with Gasteiger partial charge in [-0.3, -0.25) is 9.69 Å². The standard InChI is InChI=1S/C17H22N4OS/c1-2-14-16(23-20-19-14)17(22)18-12-15(21-10-6-7-11-21)13-8-4-3-5-9-13/h3-5,8-9,15H,2,6-7,10-12H2,1H3,(H,18,22). The summed E-state index contributed by atoms with van der Waals surface area (Å²) in [5.41, 5.74) is 2.04. The number of aromatic nitrogens is 2. The van der Waals surface area contributed by atoms with Gasteiger partial charge >= 0.3 is 0 Å². The SMILES string of the molecule is CCc1nnsc1C(=O)NCC(c1ccccc1)N1CCCC1. The Morgan fingerprint density at radius 1 is 1.30 bits per heavy atom. The number of nitrogens with zero attached hydrogens (tertiary/aromatic N) is 3. The Bertz CT molecular complexity index is 637. The van der Waals surface area contributed by atoms with Gasteiger partial charge in [0.15, 0.2) is 0 Å². The molecule has 0 radical (unpaired) electrons. The fourth-order valence-corrected chi connectivity index (χ4v) is 3.73. The third-order valence-electron chi connectivity index (χ3n) is 4.32. The van der Waals surface area contributed by atoms with Crippen LogP contribution in [0.1, 0.15) is 46.7 Å². The summed E-state index contributed by atoms with van der Waals surface area (Å²) in [4.78, 5) is 15.5. The molecule has 1 atom stereocenters. The van der Waals surface area contributed by atoms with E-state index in [9.17, 15) is 4.79 Å². The Labute approximate surface area is 140 Å². The Morgan fingerprint density at radius 3 is 2.74 bits per heavy atom. The molecule has 5 nitrogen and oxygen atoms in total. The highest BCUT2D eigenvalue weighted by atomic mass is 32.1. The summed E-state index contributed by atoms with van der Waals surface area (Å²) in [6.07, 6.45) is 3.19. The smallest absolute Gasteiger partial charge is 0.265 e. The molecule has 1 amide bonds. The van der Waals surface area contributed by atoms with Gasteiger partial charge in [-0.2, -0.15) is 0 Å². The number of aryl methyl sites for hydroxylation is 1. The normalized spacial score (nSPS) is 16.4. The van der Waals surface area contributed by atoms with Crippen LogP contribution in [0.2, 0.25) is 0 Å². The van der Waals surface area contributed by atoms with Gasteiger partial charge in [0.1, 0.15) is 4.88 Å². The summed E-state index contributed by atoms with van der Waals surface area (Å²) in [6.45, 7) is 4.80. The monoisotopic (exact) mass is 330 g/mol. The minimum absolute atomic E-state index is 0.0584. The molecule has 1 aliphatic heterocycles. The predicted molar refractivity (Wildman–Crippen MR) is 91.6 cm³/mol. The quantitative estimate of drug-likeness (QED) is 0.885. The highest BCUT2D eigenvalue weighted by Crippen LogP contribution is 2.24.